The van der Waals surface area contributed by atoms with Gasteiger partial charge in [0.1, 0.15) is 5.52 Å². The third-order valence-electron chi connectivity index (χ3n) is 3.50. The highest BCUT2D eigenvalue weighted by molar-refractivity contribution is 5.88. The molecule has 100 valence electrons. The van der Waals surface area contributed by atoms with Crippen molar-refractivity contribution in [3.63, 3.8) is 0 Å². The number of rotatable bonds is 4. The van der Waals surface area contributed by atoms with Gasteiger partial charge >= 0.3 is 0 Å². The molecule has 5 nitrogen and oxygen atoms in total. The Labute approximate surface area is 111 Å². The number of nitrogens with two attached hydrogens (primary N) is 1. The molecule has 0 unspecified atom stereocenters. The molecule has 1 aliphatic rings. The molecule has 1 heterocycles. The quantitative estimate of drug-likeness (QED) is 0.866. The molecule has 1 fully saturated rings. The molecule has 1 aliphatic carbocycles. The van der Waals surface area contributed by atoms with Gasteiger partial charge in [-0.1, -0.05) is 6.07 Å². The second-order valence-corrected chi connectivity index (χ2v) is 5.20. The van der Waals surface area contributed by atoms with Crippen molar-refractivity contribution in [2.45, 2.75) is 31.7 Å². The van der Waals surface area contributed by atoms with Gasteiger partial charge in [-0.15, -0.1) is 0 Å². The molecule has 1 saturated carbocycles. The van der Waals surface area contributed by atoms with Gasteiger partial charge < -0.3 is 15.5 Å². The normalized spacial score (nSPS) is 16.5. The van der Waals surface area contributed by atoms with Crippen molar-refractivity contribution in [1.82, 2.24) is 10.3 Å². The van der Waals surface area contributed by atoms with E-state index in [4.69, 9.17) is 10.2 Å². The van der Waals surface area contributed by atoms with Crippen LogP contribution < -0.4 is 11.1 Å². The van der Waals surface area contributed by atoms with Crippen molar-refractivity contribution in [1.29, 1.82) is 0 Å². The van der Waals surface area contributed by atoms with Crippen LogP contribution in [-0.4, -0.2) is 23.0 Å². The van der Waals surface area contributed by atoms with E-state index in [2.05, 4.69) is 10.3 Å². The summed E-state index contributed by atoms with van der Waals surface area (Å²) in [5.74, 6) is 0.628. The van der Waals surface area contributed by atoms with Crippen LogP contribution in [0.5, 0.6) is 0 Å². The minimum Gasteiger partial charge on any atom is -0.441 e. The number of benzene rings is 1. The molecule has 1 aromatic heterocycles. The Hall–Kier alpha value is -1.88. The standard InChI is InChI=1S/C14H17N3O2/c1-9-17-11-3-2-10(8-12(11)19-9)4-7-16-13(18)14(15)5-6-14/h2-3,8H,4-7,15H2,1H3,(H,16,18). The fourth-order valence-electron chi connectivity index (χ4n) is 2.10. The highest BCUT2D eigenvalue weighted by Gasteiger charge is 2.45. The van der Waals surface area contributed by atoms with Crippen molar-refractivity contribution < 1.29 is 9.21 Å². The number of hydrogen-bond donors (Lipinski definition) is 2. The van der Waals surface area contributed by atoms with E-state index in [-0.39, 0.29) is 5.91 Å². The molecule has 3 rings (SSSR count). The predicted molar refractivity (Wildman–Crippen MR) is 71.6 cm³/mol. The molecule has 0 spiro atoms. The Bertz CT molecular complexity index is 629. The van der Waals surface area contributed by atoms with Crippen LogP contribution in [0.1, 0.15) is 24.3 Å². The topological polar surface area (TPSA) is 81.2 Å². The summed E-state index contributed by atoms with van der Waals surface area (Å²) in [5.41, 5.74) is 7.99. The fraction of sp³-hybridized carbons (Fsp3) is 0.429. The van der Waals surface area contributed by atoms with Crippen LogP contribution in [0.4, 0.5) is 0 Å². The number of hydrogen-bond acceptors (Lipinski definition) is 4. The summed E-state index contributed by atoms with van der Waals surface area (Å²) in [6.45, 7) is 2.42. The minimum atomic E-state index is -0.591. The lowest BCUT2D eigenvalue weighted by Crippen LogP contribution is -2.43. The minimum absolute atomic E-state index is 0.0379. The Kier molecular flexibility index (Phi) is 2.78. The van der Waals surface area contributed by atoms with E-state index in [0.717, 1.165) is 35.9 Å². The van der Waals surface area contributed by atoms with Gasteiger partial charge in [0.2, 0.25) is 5.91 Å². The molecule has 0 saturated heterocycles. The number of carbonyl (C=O) groups excluding carboxylic acids is 1. The average molecular weight is 259 g/mol. The van der Waals surface area contributed by atoms with Crippen molar-refractivity contribution in [2.75, 3.05) is 6.54 Å². The maximum absolute atomic E-state index is 11.7. The Balaban J connectivity index is 1.60. The van der Waals surface area contributed by atoms with E-state index < -0.39 is 5.54 Å². The van der Waals surface area contributed by atoms with Crippen LogP contribution in [0.3, 0.4) is 0 Å². The monoisotopic (exact) mass is 259 g/mol. The Morgan fingerprint density at radius 1 is 1.53 bits per heavy atom. The Morgan fingerprint density at radius 2 is 2.32 bits per heavy atom. The van der Waals surface area contributed by atoms with Crippen LogP contribution in [0.2, 0.25) is 0 Å². The van der Waals surface area contributed by atoms with Crippen LogP contribution in [0.25, 0.3) is 11.1 Å². The van der Waals surface area contributed by atoms with Crippen LogP contribution in [0.15, 0.2) is 22.6 Å². The highest BCUT2D eigenvalue weighted by Crippen LogP contribution is 2.32. The van der Waals surface area contributed by atoms with Gasteiger partial charge in [0, 0.05) is 13.5 Å². The van der Waals surface area contributed by atoms with Gasteiger partial charge in [-0.2, -0.15) is 0 Å². The average Bonchev–Trinajstić information content (AvgIpc) is 3.01. The lowest BCUT2D eigenvalue weighted by molar-refractivity contribution is -0.123. The van der Waals surface area contributed by atoms with Gasteiger partial charge in [-0.3, -0.25) is 4.79 Å². The summed E-state index contributed by atoms with van der Waals surface area (Å²) >= 11 is 0. The number of aromatic nitrogens is 1. The Morgan fingerprint density at radius 3 is 3.05 bits per heavy atom. The van der Waals surface area contributed by atoms with Gasteiger partial charge in [0.05, 0.1) is 5.54 Å². The van der Waals surface area contributed by atoms with Crippen molar-refractivity contribution >= 4 is 17.0 Å². The van der Waals surface area contributed by atoms with E-state index in [9.17, 15) is 4.79 Å². The molecule has 0 atom stereocenters. The first kappa shape index (κ1) is 12.2. The van der Waals surface area contributed by atoms with Crippen molar-refractivity contribution in [2.24, 2.45) is 5.73 Å². The zero-order chi connectivity index (χ0) is 13.5. The summed E-state index contributed by atoms with van der Waals surface area (Å²) in [6.07, 6.45) is 2.35. The zero-order valence-electron chi connectivity index (χ0n) is 10.9. The van der Waals surface area contributed by atoms with Crippen LogP contribution in [0, 0.1) is 6.92 Å². The molecule has 1 amide bonds. The first-order valence-corrected chi connectivity index (χ1v) is 6.50. The first-order valence-electron chi connectivity index (χ1n) is 6.50. The molecule has 3 N–H and O–H groups in total. The zero-order valence-corrected chi connectivity index (χ0v) is 10.9. The van der Waals surface area contributed by atoms with Gasteiger partial charge in [0.15, 0.2) is 11.5 Å². The summed E-state index contributed by atoms with van der Waals surface area (Å²) in [4.78, 5) is 15.9. The smallest absolute Gasteiger partial charge is 0.240 e. The number of carbonyl (C=O) groups is 1. The van der Waals surface area contributed by atoms with E-state index in [1.165, 1.54) is 0 Å². The number of amides is 1. The summed E-state index contributed by atoms with van der Waals surface area (Å²) in [7, 11) is 0. The molecular formula is C14H17N3O2. The number of nitrogens with zero attached hydrogens (tertiary/aromatic N) is 1. The lowest BCUT2D eigenvalue weighted by Gasteiger charge is -2.09. The van der Waals surface area contributed by atoms with Gasteiger partial charge in [0.25, 0.3) is 0 Å². The predicted octanol–water partition coefficient (Wildman–Crippen LogP) is 1.29. The molecule has 5 heteroatoms. The molecule has 19 heavy (non-hydrogen) atoms. The van der Waals surface area contributed by atoms with Crippen LogP contribution >= 0.6 is 0 Å². The van der Waals surface area contributed by atoms with Crippen molar-refractivity contribution in [3.05, 3.63) is 29.7 Å². The lowest BCUT2D eigenvalue weighted by atomic mass is 10.1. The molecule has 0 aliphatic heterocycles. The third kappa shape index (κ3) is 2.46. The SMILES string of the molecule is Cc1nc2ccc(CCNC(=O)C3(N)CC3)cc2o1. The second-order valence-electron chi connectivity index (χ2n) is 5.20. The fourth-order valence-corrected chi connectivity index (χ4v) is 2.10. The highest BCUT2D eigenvalue weighted by atomic mass is 16.3. The maximum Gasteiger partial charge on any atom is 0.240 e. The van der Waals surface area contributed by atoms with E-state index >= 15 is 0 Å². The summed E-state index contributed by atoms with van der Waals surface area (Å²) in [5, 5.41) is 2.88. The van der Waals surface area contributed by atoms with Gasteiger partial charge in [-0.25, -0.2) is 4.98 Å². The maximum atomic E-state index is 11.7. The number of nitrogens with one attached hydrogen (secondary N) is 1. The number of fused-ring (bicyclic) bond motifs is 1. The third-order valence-corrected chi connectivity index (χ3v) is 3.50. The van der Waals surface area contributed by atoms with E-state index in [1.54, 1.807) is 0 Å². The molecule has 0 bridgehead atoms. The summed E-state index contributed by atoms with van der Waals surface area (Å²) in [6, 6.07) is 5.91. The molecule has 2 aromatic rings. The molecule has 1 aromatic carbocycles. The van der Waals surface area contributed by atoms with Gasteiger partial charge in [-0.05, 0) is 37.0 Å². The van der Waals surface area contributed by atoms with E-state index in [0.29, 0.717) is 12.4 Å². The second kappa shape index (κ2) is 4.35. The summed E-state index contributed by atoms with van der Waals surface area (Å²) < 4.78 is 5.48. The van der Waals surface area contributed by atoms with Crippen molar-refractivity contribution in [3.8, 4) is 0 Å². The number of oxazole rings is 1. The van der Waals surface area contributed by atoms with E-state index in [1.807, 2.05) is 25.1 Å². The van der Waals surface area contributed by atoms with Crippen LogP contribution in [-0.2, 0) is 11.2 Å². The molecule has 0 radical (unpaired) electrons. The number of aryl methyl sites for hydroxylation is 1. The largest absolute Gasteiger partial charge is 0.441 e. The first-order chi connectivity index (χ1) is 9.07. The molecular weight excluding hydrogens is 242 g/mol.